The van der Waals surface area contributed by atoms with Gasteiger partial charge in [0, 0.05) is 10.2 Å². The topological polar surface area (TPSA) is 84.5 Å². The van der Waals surface area contributed by atoms with Crippen LogP contribution in [0.1, 0.15) is 18.5 Å². The molecule has 0 aromatic heterocycles. The Morgan fingerprint density at radius 1 is 0.967 bits per heavy atom. The van der Waals surface area contributed by atoms with Gasteiger partial charge in [-0.05, 0) is 61.0 Å². The molecule has 2 N–H and O–H groups in total. The van der Waals surface area contributed by atoms with E-state index in [1.54, 1.807) is 30.3 Å². The van der Waals surface area contributed by atoms with E-state index in [2.05, 4.69) is 26.0 Å². The van der Waals surface area contributed by atoms with E-state index in [1.165, 1.54) is 24.3 Å². The highest BCUT2D eigenvalue weighted by atomic mass is 79.9. The number of nitrogens with one attached hydrogen (secondary N) is 2. The third kappa shape index (κ3) is 6.08. The molecule has 0 bridgehead atoms. The molecule has 0 fully saturated rings. The summed E-state index contributed by atoms with van der Waals surface area (Å²) in [5.41, 5.74) is 1.46. The van der Waals surface area contributed by atoms with Crippen molar-refractivity contribution < 1.29 is 17.9 Å². The lowest BCUT2D eigenvalue weighted by atomic mass is 10.1. The molecule has 0 unspecified atom stereocenters. The summed E-state index contributed by atoms with van der Waals surface area (Å²) in [6.45, 7) is 1.72. The summed E-state index contributed by atoms with van der Waals surface area (Å²) >= 11 is 3.38. The maximum absolute atomic E-state index is 12.4. The van der Waals surface area contributed by atoms with Crippen molar-refractivity contribution in [1.82, 2.24) is 5.32 Å². The Balaban J connectivity index is 1.54. The fourth-order valence-electron chi connectivity index (χ4n) is 2.70. The molecule has 6 nitrogen and oxygen atoms in total. The second kappa shape index (κ2) is 9.77. The fourth-order valence-corrected chi connectivity index (χ4v) is 4.03. The van der Waals surface area contributed by atoms with Crippen molar-refractivity contribution >= 4 is 37.5 Å². The van der Waals surface area contributed by atoms with Crippen molar-refractivity contribution in [3.05, 3.63) is 88.9 Å². The van der Waals surface area contributed by atoms with Crippen LogP contribution in [0.2, 0.25) is 0 Å². The second-order valence-electron chi connectivity index (χ2n) is 6.57. The minimum absolute atomic E-state index is 0.104. The molecule has 1 atom stereocenters. The Morgan fingerprint density at radius 3 is 2.23 bits per heavy atom. The molecule has 0 saturated heterocycles. The van der Waals surface area contributed by atoms with Gasteiger partial charge in [-0.1, -0.05) is 46.3 Å². The number of sulfonamides is 1. The molecule has 3 aromatic rings. The Hall–Kier alpha value is -2.84. The van der Waals surface area contributed by atoms with E-state index in [4.69, 9.17) is 4.74 Å². The maximum atomic E-state index is 12.4. The summed E-state index contributed by atoms with van der Waals surface area (Å²) in [5, 5.41) is 2.86. The number of ether oxygens (including phenoxy) is 1. The summed E-state index contributed by atoms with van der Waals surface area (Å²) < 4.78 is 33.8. The van der Waals surface area contributed by atoms with Crippen LogP contribution in [-0.4, -0.2) is 20.9 Å². The van der Waals surface area contributed by atoms with Crippen molar-refractivity contribution in [3.63, 3.8) is 0 Å². The molecule has 0 aliphatic carbocycles. The van der Waals surface area contributed by atoms with E-state index in [1.807, 2.05) is 31.2 Å². The van der Waals surface area contributed by atoms with E-state index in [0.29, 0.717) is 11.4 Å². The summed E-state index contributed by atoms with van der Waals surface area (Å²) in [5.74, 6) is 0.132. The third-order valence-electron chi connectivity index (χ3n) is 4.28. The molecule has 0 aliphatic heterocycles. The SMILES string of the molecule is C[C@@H](NC(=O)COc1ccc(S(=O)(=O)Nc2ccccc2)cc1)c1ccc(Br)cc1. The number of rotatable bonds is 8. The molecule has 0 radical (unpaired) electrons. The van der Waals surface area contributed by atoms with Gasteiger partial charge >= 0.3 is 0 Å². The van der Waals surface area contributed by atoms with Crippen LogP contribution < -0.4 is 14.8 Å². The van der Waals surface area contributed by atoms with Gasteiger partial charge in [0.05, 0.1) is 10.9 Å². The van der Waals surface area contributed by atoms with E-state index in [0.717, 1.165) is 10.0 Å². The van der Waals surface area contributed by atoms with Crippen molar-refractivity contribution in [3.8, 4) is 5.75 Å². The van der Waals surface area contributed by atoms with Gasteiger partial charge in [-0.3, -0.25) is 9.52 Å². The van der Waals surface area contributed by atoms with Gasteiger partial charge in [-0.15, -0.1) is 0 Å². The molecule has 156 valence electrons. The second-order valence-corrected chi connectivity index (χ2v) is 9.17. The van der Waals surface area contributed by atoms with Gasteiger partial charge in [0.25, 0.3) is 15.9 Å². The zero-order valence-corrected chi connectivity index (χ0v) is 18.6. The number of amides is 1. The molecule has 30 heavy (non-hydrogen) atoms. The third-order valence-corrected chi connectivity index (χ3v) is 6.20. The number of hydrogen-bond acceptors (Lipinski definition) is 4. The summed E-state index contributed by atoms with van der Waals surface area (Å²) in [6, 6.07) is 22.1. The molecule has 1 amide bonds. The molecule has 0 heterocycles. The number of benzene rings is 3. The van der Waals surface area contributed by atoms with Crippen molar-refractivity contribution in [2.75, 3.05) is 11.3 Å². The molecule has 3 aromatic carbocycles. The van der Waals surface area contributed by atoms with E-state index in [9.17, 15) is 13.2 Å². The van der Waals surface area contributed by atoms with Crippen LogP contribution in [0.15, 0.2) is 88.2 Å². The van der Waals surface area contributed by atoms with E-state index in [-0.39, 0.29) is 23.5 Å². The quantitative estimate of drug-likeness (QED) is 0.488. The monoisotopic (exact) mass is 488 g/mol. The molecule has 0 saturated carbocycles. The molecular weight excluding hydrogens is 468 g/mol. The van der Waals surface area contributed by atoms with Gasteiger partial charge in [0.15, 0.2) is 6.61 Å². The van der Waals surface area contributed by atoms with Crippen LogP contribution in [0.5, 0.6) is 5.75 Å². The smallest absolute Gasteiger partial charge is 0.261 e. The van der Waals surface area contributed by atoms with Gasteiger partial charge in [0.2, 0.25) is 0 Å². The first-order chi connectivity index (χ1) is 14.3. The Labute approximate surface area is 184 Å². The number of anilines is 1. The first kappa shape index (κ1) is 21.9. The van der Waals surface area contributed by atoms with Crippen LogP contribution in [0.4, 0.5) is 5.69 Å². The van der Waals surface area contributed by atoms with E-state index >= 15 is 0 Å². The first-order valence-corrected chi connectivity index (χ1v) is 11.5. The number of carbonyl (C=O) groups excluding carboxylic acids is 1. The van der Waals surface area contributed by atoms with Gasteiger partial charge in [-0.25, -0.2) is 8.42 Å². The van der Waals surface area contributed by atoms with Gasteiger partial charge < -0.3 is 10.1 Å². The van der Waals surface area contributed by atoms with Crippen LogP contribution >= 0.6 is 15.9 Å². The highest BCUT2D eigenvalue weighted by Gasteiger charge is 2.15. The van der Waals surface area contributed by atoms with Crippen molar-refractivity contribution in [1.29, 1.82) is 0 Å². The summed E-state index contributed by atoms with van der Waals surface area (Å²) in [6.07, 6.45) is 0. The predicted octanol–water partition coefficient (Wildman–Crippen LogP) is 4.51. The number of para-hydroxylation sites is 1. The standard InChI is InChI=1S/C22H21BrN2O4S/c1-16(17-7-9-18(23)10-8-17)24-22(26)15-29-20-11-13-21(14-12-20)30(27,28)25-19-5-3-2-4-6-19/h2-14,16,25H,15H2,1H3,(H,24,26)/t16-/m1/s1. The number of carbonyl (C=O) groups is 1. The Kier molecular flexibility index (Phi) is 7.12. The Bertz CT molecular complexity index is 1090. The first-order valence-electron chi connectivity index (χ1n) is 9.19. The van der Waals surface area contributed by atoms with Crippen LogP contribution in [0.3, 0.4) is 0 Å². The van der Waals surface area contributed by atoms with Crippen molar-refractivity contribution in [2.24, 2.45) is 0 Å². The van der Waals surface area contributed by atoms with Crippen LogP contribution in [-0.2, 0) is 14.8 Å². The predicted molar refractivity (Wildman–Crippen MR) is 120 cm³/mol. The minimum Gasteiger partial charge on any atom is -0.484 e. The molecule has 0 aliphatic rings. The lowest BCUT2D eigenvalue weighted by Gasteiger charge is -2.15. The summed E-state index contributed by atoms with van der Waals surface area (Å²) in [4.78, 5) is 12.2. The fraction of sp³-hybridized carbons (Fsp3) is 0.136. The van der Waals surface area contributed by atoms with Gasteiger partial charge in [0.1, 0.15) is 5.75 Å². The molecule has 3 rings (SSSR count). The number of halogens is 1. The lowest BCUT2D eigenvalue weighted by Crippen LogP contribution is -2.31. The zero-order chi connectivity index (χ0) is 21.6. The molecule has 0 spiro atoms. The molecular formula is C22H21BrN2O4S. The summed E-state index contributed by atoms with van der Waals surface area (Å²) in [7, 11) is -3.70. The number of hydrogen-bond donors (Lipinski definition) is 2. The average Bonchev–Trinajstić information content (AvgIpc) is 2.73. The Morgan fingerprint density at radius 2 is 1.60 bits per heavy atom. The highest BCUT2D eigenvalue weighted by Crippen LogP contribution is 2.20. The van der Waals surface area contributed by atoms with Crippen molar-refractivity contribution in [2.45, 2.75) is 17.9 Å². The van der Waals surface area contributed by atoms with E-state index < -0.39 is 10.0 Å². The van der Waals surface area contributed by atoms with Crippen LogP contribution in [0.25, 0.3) is 0 Å². The lowest BCUT2D eigenvalue weighted by molar-refractivity contribution is -0.123. The normalized spacial score (nSPS) is 12.1. The minimum atomic E-state index is -3.70. The average molecular weight is 489 g/mol. The zero-order valence-electron chi connectivity index (χ0n) is 16.2. The van der Waals surface area contributed by atoms with Gasteiger partial charge in [-0.2, -0.15) is 0 Å². The highest BCUT2D eigenvalue weighted by molar-refractivity contribution is 9.10. The molecule has 8 heteroatoms. The largest absolute Gasteiger partial charge is 0.484 e. The van der Waals surface area contributed by atoms with Crippen LogP contribution in [0, 0.1) is 0 Å². The maximum Gasteiger partial charge on any atom is 0.261 e.